The molecule has 0 aliphatic heterocycles. The summed E-state index contributed by atoms with van der Waals surface area (Å²) in [6, 6.07) is 0. The molecule has 0 saturated carbocycles. The van der Waals surface area contributed by atoms with Gasteiger partial charge in [-0.15, -0.1) is 0 Å². The smallest absolute Gasteiger partial charge is 0.345 e. The van der Waals surface area contributed by atoms with Crippen LogP contribution in [0.1, 0.15) is 18.2 Å². The number of rotatable bonds is 3. The third kappa shape index (κ3) is 3.01. The molecule has 0 unspecified atom stereocenters. The van der Waals surface area contributed by atoms with Crippen LogP contribution in [-0.4, -0.2) is 22.5 Å². The molecule has 1 rings (SSSR count). The number of ether oxygens (including phenoxy) is 1. The van der Waals surface area contributed by atoms with Gasteiger partial charge in [-0.25, -0.2) is 9.78 Å². The molecule has 0 fully saturated rings. The third-order valence-electron chi connectivity index (χ3n) is 1.79. The molecule has 0 aliphatic carbocycles. The van der Waals surface area contributed by atoms with Crippen molar-refractivity contribution in [2.45, 2.75) is 20.3 Å². The lowest BCUT2D eigenvalue weighted by Crippen LogP contribution is -2.14. The van der Waals surface area contributed by atoms with Crippen LogP contribution in [0.3, 0.4) is 0 Å². The van der Waals surface area contributed by atoms with Gasteiger partial charge in [0, 0.05) is 25.2 Å². The normalized spacial score (nSPS) is 9.86. The van der Waals surface area contributed by atoms with Crippen LogP contribution in [0.4, 0.5) is 0 Å². The van der Waals surface area contributed by atoms with Gasteiger partial charge < -0.3 is 9.72 Å². The molecule has 0 radical (unpaired) electrons. The average molecular weight is 196 g/mol. The maximum absolute atomic E-state index is 10.8. The Morgan fingerprint density at radius 2 is 2.36 bits per heavy atom. The predicted octanol–water partition coefficient (Wildman–Crippen LogP) is 0.184. The van der Waals surface area contributed by atoms with Gasteiger partial charge in [0.1, 0.15) is 0 Å². The number of carbonyl (C=O) groups excluding carboxylic acids is 1. The van der Waals surface area contributed by atoms with Gasteiger partial charge in [-0.3, -0.25) is 4.79 Å². The van der Waals surface area contributed by atoms with Crippen LogP contribution in [0, 0.1) is 6.92 Å². The Hall–Kier alpha value is -1.65. The second-order valence-corrected chi connectivity index (χ2v) is 2.93. The minimum Gasteiger partial charge on any atom is -0.466 e. The number of aryl methyl sites for hydroxylation is 1. The van der Waals surface area contributed by atoms with Crippen LogP contribution in [0.5, 0.6) is 0 Å². The minimum absolute atomic E-state index is 0.306. The molecule has 0 spiro atoms. The Labute approximate surface area is 81.1 Å². The van der Waals surface area contributed by atoms with Gasteiger partial charge in [0.05, 0.1) is 6.61 Å². The summed E-state index contributed by atoms with van der Waals surface area (Å²) in [6.07, 6.45) is 2.06. The Bertz CT molecular complexity index is 384. The fraction of sp³-hybridized carbons (Fsp3) is 0.444. The van der Waals surface area contributed by atoms with Crippen LogP contribution in [0.25, 0.3) is 0 Å². The van der Waals surface area contributed by atoms with Crippen molar-refractivity contribution < 1.29 is 9.53 Å². The number of nitrogens with zero attached hydrogens (tertiary/aromatic N) is 1. The molecular weight excluding hydrogens is 184 g/mol. The summed E-state index contributed by atoms with van der Waals surface area (Å²) in [6.45, 7) is 3.45. The summed E-state index contributed by atoms with van der Waals surface area (Å²) in [5.74, 6) is -0.306. The number of carbonyl (C=O) groups is 1. The Morgan fingerprint density at radius 3 is 2.93 bits per heavy atom. The van der Waals surface area contributed by atoms with Crippen LogP contribution < -0.4 is 5.69 Å². The van der Waals surface area contributed by atoms with Gasteiger partial charge in [0.2, 0.25) is 0 Å². The van der Waals surface area contributed by atoms with Crippen LogP contribution in [0.2, 0.25) is 0 Å². The molecule has 0 amide bonds. The van der Waals surface area contributed by atoms with Gasteiger partial charge in [0.25, 0.3) is 0 Å². The molecule has 1 aromatic heterocycles. The van der Waals surface area contributed by atoms with Gasteiger partial charge >= 0.3 is 11.7 Å². The second kappa shape index (κ2) is 4.55. The van der Waals surface area contributed by atoms with Crippen molar-refractivity contribution in [3.05, 3.63) is 27.9 Å². The van der Waals surface area contributed by atoms with Crippen LogP contribution >= 0.6 is 0 Å². The maximum Gasteiger partial charge on any atom is 0.345 e. The highest BCUT2D eigenvalue weighted by molar-refractivity contribution is 5.65. The molecule has 1 heterocycles. The van der Waals surface area contributed by atoms with Crippen molar-refractivity contribution in [2.24, 2.45) is 0 Å². The van der Waals surface area contributed by atoms with Crippen molar-refractivity contribution in [1.82, 2.24) is 9.97 Å². The van der Waals surface area contributed by atoms with E-state index in [1.54, 1.807) is 6.92 Å². The van der Waals surface area contributed by atoms with Crippen molar-refractivity contribution in [3.8, 4) is 0 Å². The van der Waals surface area contributed by atoms with Crippen molar-refractivity contribution >= 4 is 5.97 Å². The maximum atomic E-state index is 10.8. The van der Waals surface area contributed by atoms with Crippen molar-refractivity contribution in [1.29, 1.82) is 0 Å². The van der Waals surface area contributed by atoms with E-state index in [0.717, 1.165) is 11.3 Å². The molecule has 0 aliphatic rings. The highest BCUT2D eigenvalue weighted by Gasteiger charge is 2.00. The van der Waals surface area contributed by atoms with E-state index in [1.165, 1.54) is 13.1 Å². The number of hydrogen-bond acceptors (Lipinski definition) is 4. The SMILES string of the molecule is CC(=O)OCCc1cnc(=O)[nH]c1C. The zero-order valence-corrected chi connectivity index (χ0v) is 8.16. The Balaban J connectivity index is 2.59. The Morgan fingerprint density at radius 1 is 1.64 bits per heavy atom. The number of esters is 1. The first kappa shape index (κ1) is 10.4. The van der Waals surface area contributed by atoms with E-state index in [2.05, 4.69) is 9.97 Å². The number of aromatic nitrogens is 2. The first-order valence-electron chi connectivity index (χ1n) is 4.28. The fourth-order valence-corrected chi connectivity index (χ4v) is 1.06. The molecule has 14 heavy (non-hydrogen) atoms. The average Bonchev–Trinajstić information content (AvgIpc) is 2.08. The second-order valence-electron chi connectivity index (χ2n) is 2.93. The summed E-state index contributed by atoms with van der Waals surface area (Å²) in [5.41, 5.74) is 1.28. The summed E-state index contributed by atoms with van der Waals surface area (Å²) in [4.78, 5) is 27.4. The molecule has 0 atom stereocenters. The lowest BCUT2D eigenvalue weighted by atomic mass is 10.2. The zero-order valence-electron chi connectivity index (χ0n) is 8.16. The number of aromatic amines is 1. The predicted molar refractivity (Wildman–Crippen MR) is 49.9 cm³/mol. The standard InChI is InChI=1S/C9H12N2O3/c1-6-8(3-4-14-7(2)12)5-10-9(13)11-6/h5H,3-4H2,1-2H3,(H,10,11,13). The van der Waals surface area contributed by atoms with E-state index in [-0.39, 0.29) is 11.7 Å². The van der Waals surface area contributed by atoms with E-state index >= 15 is 0 Å². The monoisotopic (exact) mass is 196 g/mol. The van der Waals surface area contributed by atoms with Gasteiger partial charge in [0.15, 0.2) is 0 Å². The highest BCUT2D eigenvalue weighted by Crippen LogP contribution is 2.01. The molecule has 5 heteroatoms. The Kier molecular flexibility index (Phi) is 3.39. The third-order valence-corrected chi connectivity index (χ3v) is 1.79. The van der Waals surface area contributed by atoms with E-state index in [9.17, 15) is 9.59 Å². The fourth-order valence-electron chi connectivity index (χ4n) is 1.06. The molecule has 0 aromatic carbocycles. The molecule has 0 saturated heterocycles. The van der Waals surface area contributed by atoms with E-state index < -0.39 is 0 Å². The summed E-state index contributed by atoms with van der Waals surface area (Å²) < 4.78 is 4.77. The van der Waals surface area contributed by atoms with Crippen molar-refractivity contribution in [2.75, 3.05) is 6.61 Å². The largest absolute Gasteiger partial charge is 0.466 e. The van der Waals surface area contributed by atoms with E-state index in [4.69, 9.17) is 4.74 Å². The molecule has 5 nitrogen and oxygen atoms in total. The van der Waals surface area contributed by atoms with Gasteiger partial charge in [-0.2, -0.15) is 0 Å². The van der Waals surface area contributed by atoms with E-state index in [1.807, 2.05) is 0 Å². The summed E-state index contributed by atoms with van der Waals surface area (Å²) in [7, 11) is 0. The molecule has 0 bridgehead atoms. The van der Waals surface area contributed by atoms with E-state index in [0.29, 0.717) is 13.0 Å². The minimum atomic E-state index is -0.362. The number of hydrogen-bond donors (Lipinski definition) is 1. The molecule has 76 valence electrons. The van der Waals surface area contributed by atoms with Gasteiger partial charge in [-0.1, -0.05) is 0 Å². The zero-order chi connectivity index (χ0) is 10.6. The first-order valence-corrected chi connectivity index (χ1v) is 4.28. The lowest BCUT2D eigenvalue weighted by molar-refractivity contribution is -0.140. The first-order chi connectivity index (χ1) is 6.59. The lowest BCUT2D eigenvalue weighted by Gasteiger charge is -2.04. The van der Waals surface area contributed by atoms with Crippen LogP contribution in [-0.2, 0) is 16.0 Å². The summed E-state index contributed by atoms with van der Waals surface area (Å²) in [5, 5.41) is 0. The summed E-state index contributed by atoms with van der Waals surface area (Å²) >= 11 is 0. The number of nitrogens with one attached hydrogen (secondary N) is 1. The molecular formula is C9H12N2O3. The van der Waals surface area contributed by atoms with Gasteiger partial charge in [-0.05, 0) is 12.5 Å². The van der Waals surface area contributed by atoms with Crippen molar-refractivity contribution in [3.63, 3.8) is 0 Å². The molecule has 1 aromatic rings. The topological polar surface area (TPSA) is 72.0 Å². The van der Waals surface area contributed by atoms with Crippen LogP contribution in [0.15, 0.2) is 11.0 Å². The quantitative estimate of drug-likeness (QED) is 0.700. The number of H-pyrrole nitrogens is 1. The molecule has 1 N–H and O–H groups in total. The highest BCUT2D eigenvalue weighted by atomic mass is 16.5.